The van der Waals surface area contributed by atoms with E-state index in [-0.39, 0.29) is 11.6 Å². The first kappa shape index (κ1) is 20.4. The minimum absolute atomic E-state index is 0.0761. The van der Waals surface area contributed by atoms with E-state index < -0.39 is 5.97 Å². The number of aromatic nitrogens is 5. The molecule has 9 heteroatoms. The minimum Gasteiger partial charge on any atom is -0.465 e. The molecule has 0 saturated carbocycles. The fourth-order valence-corrected chi connectivity index (χ4v) is 3.38. The lowest BCUT2D eigenvalue weighted by Gasteiger charge is -2.24. The molecule has 0 fully saturated rings. The number of nitrogens with zero attached hydrogens (tertiary/aromatic N) is 5. The third kappa shape index (κ3) is 4.22. The van der Waals surface area contributed by atoms with Crippen LogP contribution < -0.4 is 5.56 Å². The predicted octanol–water partition coefficient (Wildman–Crippen LogP) is 2.48. The second kappa shape index (κ2) is 8.49. The van der Waals surface area contributed by atoms with E-state index in [9.17, 15) is 9.59 Å². The van der Waals surface area contributed by atoms with E-state index in [2.05, 4.69) is 31.9 Å². The summed E-state index contributed by atoms with van der Waals surface area (Å²) in [4.78, 5) is 37.7. The quantitative estimate of drug-likeness (QED) is 0.480. The zero-order valence-corrected chi connectivity index (χ0v) is 17.4. The van der Waals surface area contributed by atoms with E-state index >= 15 is 0 Å². The first-order chi connectivity index (χ1) is 15.0. The van der Waals surface area contributed by atoms with Gasteiger partial charge < -0.3 is 9.72 Å². The minimum atomic E-state index is -0.467. The van der Waals surface area contributed by atoms with Crippen molar-refractivity contribution in [3.8, 4) is 5.69 Å². The lowest BCUT2D eigenvalue weighted by atomic mass is 10.1. The summed E-state index contributed by atoms with van der Waals surface area (Å²) >= 11 is 0. The third-order valence-electron chi connectivity index (χ3n) is 5.30. The summed E-state index contributed by atoms with van der Waals surface area (Å²) < 4.78 is 6.45. The molecule has 4 rings (SSSR count). The number of hydrogen-bond donors (Lipinski definition) is 1. The summed E-state index contributed by atoms with van der Waals surface area (Å²) in [7, 11) is 3.28. The Morgan fingerprint density at radius 1 is 1.23 bits per heavy atom. The Morgan fingerprint density at radius 2 is 2.00 bits per heavy atom. The van der Waals surface area contributed by atoms with Crippen LogP contribution >= 0.6 is 0 Å². The Hall–Kier alpha value is -3.85. The van der Waals surface area contributed by atoms with E-state index in [1.807, 2.05) is 31.3 Å². The molecule has 0 aliphatic rings. The van der Waals surface area contributed by atoms with Gasteiger partial charge in [0, 0.05) is 6.04 Å². The van der Waals surface area contributed by atoms with Gasteiger partial charge in [0.2, 0.25) is 0 Å². The number of nitrogens with one attached hydrogen (secondary N) is 1. The molecule has 0 bridgehead atoms. The molecule has 2 heterocycles. The van der Waals surface area contributed by atoms with Crippen molar-refractivity contribution in [3.05, 3.63) is 82.4 Å². The summed E-state index contributed by atoms with van der Waals surface area (Å²) in [5.41, 5.74) is 2.61. The van der Waals surface area contributed by atoms with Crippen LogP contribution in [-0.2, 0) is 11.3 Å². The van der Waals surface area contributed by atoms with E-state index in [0.717, 1.165) is 11.3 Å². The summed E-state index contributed by atoms with van der Waals surface area (Å²) in [6, 6.07) is 12.8. The van der Waals surface area contributed by atoms with Crippen LogP contribution in [0.2, 0.25) is 0 Å². The molecular weight excluding hydrogens is 396 g/mol. The van der Waals surface area contributed by atoms with Crippen LogP contribution in [0.25, 0.3) is 16.6 Å². The maximum Gasteiger partial charge on any atom is 0.337 e. The number of esters is 1. The largest absolute Gasteiger partial charge is 0.465 e. The number of rotatable bonds is 6. The van der Waals surface area contributed by atoms with Gasteiger partial charge in [0.05, 0.1) is 35.8 Å². The zero-order valence-electron chi connectivity index (χ0n) is 17.4. The maximum absolute atomic E-state index is 12.5. The second-order valence-electron chi connectivity index (χ2n) is 7.26. The van der Waals surface area contributed by atoms with Gasteiger partial charge in [0.25, 0.3) is 5.56 Å². The zero-order chi connectivity index (χ0) is 22.0. The van der Waals surface area contributed by atoms with Crippen molar-refractivity contribution in [2.75, 3.05) is 14.2 Å². The summed E-state index contributed by atoms with van der Waals surface area (Å²) in [6.45, 7) is 2.51. The van der Waals surface area contributed by atoms with Crippen molar-refractivity contribution in [1.82, 2.24) is 29.6 Å². The van der Waals surface area contributed by atoms with Crippen LogP contribution in [0, 0.1) is 0 Å². The summed E-state index contributed by atoms with van der Waals surface area (Å²) in [5, 5.41) is 4.56. The van der Waals surface area contributed by atoms with Crippen LogP contribution in [0.15, 0.2) is 59.9 Å². The average Bonchev–Trinajstić information content (AvgIpc) is 3.32. The van der Waals surface area contributed by atoms with Gasteiger partial charge in [-0.1, -0.05) is 12.1 Å². The molecule has 0 aliphatic heterocycles. The molecule has 2 aromatic heterocycles. The molecule has 0 radical (unpaired) electrons. The number of ether oxygens (including phenoxy) is 1. The lowest BCUT2D eigenvalue weighted by Crippen LogP contribution is -2.25. The highest BCUT2D eigenvalue weighted by Gasteiger charge is 2.15. The number of hydrogen-bond acceptors (Lipinski definition) is 7. The van der Waals surface area contributed by atoms with Crippen LogP contribution in [0.5, 0.6) is 0 Å². The normalized spacial score (nSPS) is 12.3. The van der Waals surface area contributed by atoms with E-state index in [4.69, 9.17) is 4.74 Å². The Bertz CT molecular complexity index is 1260. The molecule has 0 aliphatic carbocycles. The second-order valence-corrected chi connectivity index (χ2v) is 7.26. The number of carbonyl (C=O) groups is 1. The monoisotopic (exact) mass is 418 g/mol. The molecule has 9 nitrogen and oxygen atoms in total. The van der Waals surface area contributed by atoms with Crippen molar-refractivity contribution < 1.29 is 9.53 Å². The van der Waals surface area contributed by atoms with Gasteiger partial charge in [-0.15, -0.1) is 0 Å². The van der Waals surface area contributed by atoms with Gasteiger partial charge in [-0.3, -0.25) is 9.69 Å². The molecule has 1 atom stereocenters. The molecular formula is C22H22N6O3. The standard InChI is InChI=1S/C22H22N6O3/c1-14(15-4-7-17(8-5-15)28-13-23-12-24-28)27(2)11-20-25-19-10-16(22(30)31-3)6-9-18(19)21(29)26-20/h4-10,12-14H,11H2,1-3H3,(H,25,26,29). The predicted molar refractivity (Wildman–Crippen MR) is 115 cm³/mol. The molecule has 2 aromatic carbocycles. The van der Waals surface area contributed by atoms with Crippen LogP contribution in [0.1, 0.15) is 34.7 Å². The highest BCUT2D eigenvalue weighted by Crippen LogP contribution is 2.21. The SMILES string of the molecule is COC(=O)c1ccc2c(=O)[nH]c(CN(C)C(C)c3ccc(-n4cncn4)cc3)nc2c1. The molecule has 0 spiro atoms. The maximum atomic E-state index is 12.5. The fourth-order valence-electron chi connectivity index (χ4n) is 3.38. The average molecular weight is 418 g/mol. The number of benzene rings is 2. The molecule has 1 N–H and O–H groups in total. The van der Waals surface area contributed by atoms with Crippen molar-refractivity contribution >= 4 is 16.9 Å². The van der Waals surface area contributed by atoms with Crippen molar-refractivity contribution in [3.63, 3.8) is 0 Å². The van der Waals surface area contributed by atoms with E-state index in [0.29, 0.717) is 28.8 Å². The molecule has 0 saturated heterocycles. The van der Waals surface area contributed by atoms with Crippen molar-refractivity contribution in [1.29, 1.82) is 0 Å². The van der Waals surface area contributed by atoms with Gasteiger partial charge in [0.1, 0.15) is 18.5 Å². The van der Waals surface area contributed by atoms with Crippen molar-refractivity contribution in [2.24, 2.45) is 0 Å². The number of methoxy groups -OCH3 is 1. The Morgan fingerprint density at radius 3 is 2.68 bits per heavy atom. The van der Waals surface area contributed by atoms with Crippen LogP contribution in [-0.4, -0.2) is 49.8 Å². The van der Waals surface area contributed by atoms with Gasteiger partial charge in [-0.25, -0.2) is 19.4 Å². The highest BCUT2D eigenvalue weighted by molar-refractivity contribution is 5.93. The summed E-state index contributed by atoms with van der Waals surface area (Å²) in [6.07, 6.45) is 3.15. The molecule has 0 amide bonds. The Labute approximate surface area is 178 Å². The van der Waals surface area contributed by atoms with Crippen LogP contribution in [0.4, 0.5) is 0 Å². The number of carbonyl (C=O) groups excluding carboxylic acids is 1. The topological polar surface area (TPSA) is 106 Å². The van der Waals surface area contributed by atoms with Crippen LogP contribution in [0.3, 0.4) is 0 Å². The van der Waals surface area contributed by atoms with E-state index in [1.54, 1.807) is 29.2 Å². The van der Waals surface area contributed by atoms with Gasteiger partial charge in [-0.05, 0) is 49.9 Å². The smallest absolute Gasteiger partial charge is 0.337 e. The third-order valence-corrected chi connectivity index (χ3v) is 5.30. The highest BCUT2D eigenvalue weighted by atomic mass is 16.5. The Balaban J connectivity index is 1.55. The first-order valence-corrected chi connectivity index (χ1v) is 9.72. The summed E-state index contributed by atoms with van der Waals surface area (Å²) in [5.74, 6) is 0.0544. The fraction of sp³-hybridized carbons (Fsp3) is 0.227. The van der Waals surface area contributed by atoms with Gasteiger partial charge in [0.15, 0.2) is 0 Å². The lowest BCUT2D eigenvalue weighted by molar-refractivity contribution is 0.0601. The molecule has 1 unspecified atom stereocenters. The van der Waals surface area contributed by atoms with Crippen molar-refractivity contribution in [2.45, 2.75) is 19.5 Å². The number of aromatic amines is 1. The van der Waals surface area contributed by atoms with E-state index in [1.165, 1.54) is 13.4 Å². The van der Waals surface area contributed by atoms with Gasteiger partial charge >= 0.3 is 5.97 Å². The molecule has 31 heavy (non-hydrogen) atoms. The van der Waals surface area contributed by atoms with Gasteiger partial charge in [-0.2, -0.15) is 5.10 Å². The number of fused-ring (bicyclic) bond motifs is 1. The Kier molecular flexibility index (Phi) is 5.59. The number of H-pyrrole nitrogens is 1. The molecule has 4 aromatic rings. The molecule has 158 valence electrons. The first-order valence-electron chi connectivity index (χ1n) is 9.72.